The van der Waals surface area contributed by atoms with Crippen molar-refractivity contribution in [1.82, 2.24) is 0 Å². The number of hydrogen-bond acceptors (Lipinski definition) is 3. The van der Waals surface area contributed by atoms with Crippen molar-refractivity contribution in [3.63, 3.8) is 0 Å². The number of hydrogen-bond donors (Lipinski definition) is 0. The summed E-state index contributed by atoms with van der Waals surface area (Å²) in [6, 6.07) is 19.0. The molecule has 2 aromatic carbocycles. The Morgan fingerprint density at radius 2 is 1.83 bits per heavy atom. The Morgan fingerprint density at radius 1 is 1.12 bits per heavy atom. The average Bonchev–Trinajstić information content (AvgIpc) is 2.62. The lowest BCUT2D eigenvalue weighted by Gasteiger charge is -2.11. The van der Waals surface area contributed by atoms with Crippen LogP contribution in [0.1, 0.15) is 37.8 Å². The summed E-state index contributed by atoms with van der Waals surface area (Å²) in [7, 11) is 0. The van der Waals surface area contributed by atoms with E-state index in [1.165, 1.54) is 0 Å². The Bertz CT molecular complexity index is 753. The van der Waals surface area contributed by atoms with Crippen LogP contribution in [-0.2, 0) is 4.79 Å². The van der Waals surface area contributed by atoms with E-state index in [1.807, 2.05) is 56.3 Å². The van der Waals surface area contributed by atoms with E-state index in [9.17, 15) is 10.1 Å². The normalized spacial score (nSPS) is 11.2. The molecule has 3 heteroatoms. The summed E-state index contributed by atoms with van der Waals surface area (Å²) in [5.74, 6) is 0.221. The highest BCUT2D eigenvalue weighted by molar-refractivity contribution is 5.89. The van der Waals surface area contributed by atoms with Crippen molar-refractivity contribution in [1.29, 1.82) is 5.26 Å². The minimum atomic E-state index is -0.204. The van der Waals surface area contributed by atoms with E-state index in [4.69, 9.17) is 4.74 Å². The molecule has 0 amide bonds. The lowest BCUT2D eigenvalue weighted by atomic mass is 10.0. The topological polar surface area (TPSA) is 50.1 Å². The first-order valence-corrected chi connectivity index (χ1v) is 8.16. The second kappa shape index (κ2) is 8.69. The molecule has 0 heterocycles. The van der Waals surface area contributed by atoms with Gasteiger partial charge in [-0.3, -0.25) is 4.79 Å². The maximum atomic E-state index is 12.1. The molecule has 2 rings (SSSR count). The van der Waals surface area contributed by atoms with Crippen molar-refractivity contribution in [2.45, 2.75) is 26.7 Å². The first-order valence-electron chi connectivity index (χ1n) is 8.16. The fourth-order valence-electron chi connectivity index (χ4n) is 2.45. The number of carbonyl (C=O) groups is 1. The number of carbonyl (C=O) groups excluding carboxylic acids is 1. The Labute approximate surface area is 143 Å². The number of esters is 1. The summed E-state index contributed by atoms with van der Waals surface area (Å²) in [6.45, 7) is 3.96. The van der Waals surface area contributed by atoms with Gasteiger partial charge in [0.25, 0.3) is 0 Å². The van der Waals surface area contributed by atoms with Crippen molar-refractivity contribution in [3.05, 3.63) is 65.7 Å². The molecule has 2 aromatic rings. The summed E-state index contributed by atoms with van der Waals surface area (Å²) in [5.41, 5.74) is 2.25. The van der Waals surface area contributed by atoms with E-state index in [0.29, 0.717) is 11.3 Å². The molecule has 0 aliphatic heterocycles. The second-order valence-corrected chi connectivity index (χ2v) is 5.54. The summed E-state index contributed by atoms with van der Waals surface area (Å²) in [6.07, 6.45) is 3.33. The van der Waals surface area contributed by atoms with Gasteiger partial charge in [0.05, 0.1) is 17.6 Å². The first-order chi connectivity index (χ1) is 11.7. The fourth-order valence-corrected chi connectivity index (χ4v) is 2.45. The fraction of sp³-hybridized carbons (Fsp3) is 0.238. The summed E-state index contributed by atoms with van der Waals surface area (Å²) in [4.78, 5) is 12.1. The van der Waals surface area contributed by atoms with Crippen LogP contribution in [0, 0.1) is 17.2 Å². The van der Waals surface area contributed by atoms with Crippen molar-refractivity contribution in [2.24, 2.45) is 5.92 Å². The lowest BCUT2D eigenvalue weighted by molar-refractivity contribution is -0.139. The maximum Gasteiger partial charge on any atom is 0.314 e. The monoisotopic (exact) mass is 319 g/mol. The summed E-state index contributed by atoms with van der Waals surface area (Å²) < 4.78 is 5.47. The van der Waals surface area contributed by atoms with Crippen LogP contribution in [0.3, 0.4) is 0 Å². The van der Waals surface area contributed by atoms with E-state index >= 15 is 0 Å². The van der Waals surface area contributed by atoms with Crippen molar-refractivity contribution < 1.29 is 9.53 Å². The zero-order valence-electron chi connectivity index (χ0n) is 14.0. The van der Waals surface area contributed by atoms with Gasteiger partial charge in [0.2, 0.25) is 0 Å². The molecule has 0 saturated carbocycles. The number of ether oxygens (including phenoxy) is 1. The summed E-state index contributed by atoms with van der Waals surface area (Å²) >= 11 is 0. The quantitative estimate of drug-likeness (QED) is 0.322. The van der Waals surface area contributed by atoms with Crippen LogP contribution in [0.2, 0.25) is 0 Å². The van der Waals surface area contributed by atoms with Crippen LogP contribution in [-0.4, -0.2) is 5.97 Å². The molecule has 0 radical (unpaired) electrons. The Kier molecular flexibility index (Phi) is 6.33. The second-order valence-electron chi connectivity index (χ2n) is 5.54. The van der Waals surface area contributed by atoms with Gasteiger partial charge in [0.15, 0.2) is 0 Å². The summed E-state index contributed by atoms with van der Waals surface area (Å²) in [5, 5.41) is 9.39. The van der Waals surface area contributed by atoms with Gasteiger partial charge in [0.1, 0.15) is 5.75 Å². The van der Waals surface area contributed by atoms with Crippen molar-refractivity contribution in [2.75, 3.05) is 0 Å². The van der Waals surface area contributed by atoms with Crippen molar-refractivity contribution in [3.8, 4) is 11.8 Å². The molecule has 0 fully saturated rings. The van der Waals surface area contributed by atoms with Gasteiger partial charge in [-0.25, -0.2) is 0 Å². The van der Waals surface area contributed by atoms with Gasteiger partial charge in [-0.05, 0) is 42.2 Å². The van der Waals surface area contributed by atoms with Crippen LogP contribution >= 0.6 is 0 Å². The number of nitriles is 1. The number of benzene rings is 2. The molecular formula is C21H21NO2. The molecule has 24 heavy (non-hydrogen) atoms. The van der Waals surface area contributed by atoms with Crippen molar-refractivity contribution >= 4 is 17.6 Å². The maximum absolute atomic E-state index is 12.1. The van der Waals surface area contributed by atoms with Gasteiger partial charge < -0.3 is 4.74 Å². The lowest BCUT2D eigenvalue weighted by Crippen LogP contribution is -2.19. The molecule has 0 unspecified atom stereocenters. The Hall–Kier alpha value is -2.86. The van der Waals surface area contributed by atoms with E-state index in [0.717, 1.165) is 24.0 Å². The molecule has 0 saturated heterocycles. The molecule has 0 atom stereocenters. The molecular weight excluding hydrogens is 298 g/mol. The third kappa shape index (κ3) is 4.57. The molecule has 122 valence electrons. The first kappa shape index (κ1) is 17.5. The van der Waals surface area contributed by atoms with Gasteiger partial charge in [-0.1, -0.05) is 56.3 Å². The molecule has 0 aliphatic carbocycles. The molecule has 3 nitrogen and oxygen atoms in total. The van der Waals surface area contributed by atoms with Crippen LogP contribution in [0.4, 0.5) is 0 Å². The number of rotatable bonds is 6. The van der Waals surface area contributed by atoms with E-state index in [1.54, 1.807) is 18.2 Å². The number of nitrogens with zero attached hydrogens (tertiary/aromatic N) is 1. The van der Waals surface area contributed by atoms with Crippen LogP contribution in [0.15, 0.2) is 54.6 Å². The van der Waals surface area contributed by atoms with E-state index in [2.05, 4.69) is 6.07 Å². The third-order valence-electron chi connectivity index (χ3n) is 3.91. The SMILES string of the molecule is CCC(CC)C(=O)Oc1cccc(/C=C(/C#N)c2ccccc2)c1. The molecule has 0 N–H and O–H groups in total. The molecule has 0 aliphatic rings. The predicted molar refractivity (Wildman–Crippen MR) is 96.1 cm³/mol. The molecule has 0 aromatic heterocycles. The van der Waals surface area contributed by atoms with Crippen LogP contribution in [0.25, 0.3) is 11.6 Å². The van der Waals surface area contributed by atoms with E-state index in [-0.39, 0.29) is 11.9 Å². The Morgan fingerprint density at radius 3 is 2.46 bits per heavy atom. The number of allylic oxidation sites excluding steroid dienone is 1. The zero-order valence-corrected chi connectivity index (χ0v) is 14.0. The highest BCUT2D eigenvalue weighted by Crippen LogP contribution is 2.22. The van der Waals surface area contributed by atoms with Gasteiger partial charge >= 0.3 is 5.97 Å². The van der Waals surface area contributed by atoms with Gasteiger partial charge in [-0.15, -0.1) is 0 Å². The molecule has 0 bridgehead atoms. The van der Waals surface area contributed by atoms with Gasteiger partial charge in [0, 0.05) is 0 Å². The van der Waals surface area contributed by atoms with E-state index < -0.39 is 0 Å². The zero-order chi connectivity index (χ0) is 17.4. The minimum absolute atomic E-state index is 0.0804. The van der Waals surface area contributed by atoms with Gasteiger partial charge in [-0.2, -0.15) is 5.26 Å². The predicted octanol–water partition coefficient (Wildman–Crippen LogP) is 5.09. The smallest absolute Gasteiger partial charge is 0.314 e. The average molecular weight is 319 g/mol. The third-order valence-corrected chi connectivity index (χ3v) is 3.91. The van der Waals surface area contributed by atoms with Crippen LogP contribution < -0.4 is 4.74 Å². The molecule has 0 spiro atoms. The largest absolute Gasteiger partial charge is 0.426 e. The van der Waals surface area contributed by atoms with Crippen LogP contribution in [0.5, 0.6) is 5.75 Å². The Balaban J connectivity index is 2.23. The highest BCUT2D eigenvalue weighted by Gasteiger charge is 2.16. The standard InChI is InChI=1S/C21H21NO2/c1-3-17(4-2)21(23)24-20-12-8-9-16(14-20)13-19(15-22)18-10-6-5-7-11-18/h5-14,17H,3-4H2,1-2H3/b19-13-. The minimum Gasteiger partial charge on any atom is -0.426 e. The highest BCUT2D eigenvalue weighted by atomic mass is 16.5.